The molecule has 1 amide bonds. The second-order valence-corrected chi connectivity index (χ2v) is 4.44. The molecule has 2 aromatic rings. The van der Waals surface area contributed by atoms with Gasteiger partial charge in [0.1, 0.15) is 6.26 Å². The highest BCUT2D eigenvalue weighted by atomic mass is 79.9. The Morgan fingerprint density at radius 2 is 2.29 bits per heavy atom. The smallest absolute Gasteiger partial charge is 0.277 e. The molecular formula is C11H10BrN3O2. The van der Waals surface area contributed by atoms with Gasteiger partial charge < -0.3 is 15.6 Å². The van der Waals surface area contributed by atoms with Gasteiger partial charge in [-0.25, -0.2) is 0 Å². The number of aromatic nitrogens is 1. The molecule has 0 fully saturated rings. The molecule has 0 atom stereocenters. The van der Waals surface area contributed by atoms with E-state index in [0.717, 1.165) is 10.0 Å². The zero-order valence-electron chi connectivity index (χ0n) is 9.03. The SMILES string of the molecule is Cc1cc(Br)cc(N)c1NC(=O)c1ccon1. The Bertz CT molecular complexity index is 529. The maximum Gasteiger partial charge on any atom is 0.277 e. The molecule has 1 heterocycles. The number of carbonyl (C=O) groups excluding carboxylic acids is 1. The van der Waals surface area contributed by atoms with Crippen LogP contribution in [-0.4, -0.2) is 11.1 Å². The summed E-state index contributed by atoms with van der Waals surface area (Å²) in [6.07, 6.45) is 1.34. The van der Waals surface area contributed by atoms with Crippen molar-refractivity contribution in [3.63, 3.8) is 0 Å². The molecule has 0 unspecified atom stereocenters. The van der Waals surface area contributed by atoms with Crippen molar-refractivity contribution in [2.45, 2.75) is 6.92 Å². The number of carbonyl (C=O) groups is 1. The minimum atomic E-state index is -0.351. The van der Waals surface area contributed by atoms with E-state index < -0.39 is 0 Å². The third kappa shape index (κ3) is 2.47. The number of nitrogen functional groups attached to an aromatic ring is 1. The molecule has 2 rings (SSSR count). The van der Waals surface area contributed by atoms with Crippen LogP contribution in [0.2, 0.25) is 0 Å². The van der Waals surface area contributed by atoms with Gasteiger partial charge in [0.15, 0.2) is 5.69 Å². The van der Waals surface area contributed by atoms with Crippen LogP contribution in [-0.2, 0) is 0 Å². The van der Waals surface area contributed by atoms with Gasteiger partial charge in [-0.05, 0) is 24.6 Å². The highest BCUT2D eigenvalue weighted by Crippen LogP contribution is 2.28. The molecule has 5 nitrogen and oxygen atoms in total. The summed E-state index contributed by atoms with van der Waals surface area (Å²) in [6, 6.07) is 5.08. The highest BCUT2D eigenvalue weighted by Gasteiger charge is 2.12. The molecule has 0 aliphatic rings. The van der Waals surface area contributed by atoms with Gasteiger partial charge in [0.05, 0.1) is 11.4 Å². The average Bonchev–Trinajstić information content (AvgIpc) is 2.76. The first kappa shape index (κ1) is 11.7. The number of hydrogen-bond acceptors (Lipinski definition) is 4. The molecule has 0 radical (unpaired) electrons. The van der Waals surface area contributed by atoms with Crippen LogP contribution in [0.1, 0.15) is 16.1 Å². The van der Waals surface area contributed by atoms with Gasteiger partial charge in [0.25, 0.3) is 5.91 Å². The molecule has 0 saturated carbocycles. The van der Waals surface area contributed by atoms with Gasteiger partial charge in [0, 0.05) is 10.5 Å². The number of anilines is 2. The largest absolute Gasteiger partial charge is 0.397 e. The Balaban J connectivity index is 2.28. The van der Waals surface area contributed by atoms with E-state index in [-0.39, 0.29) is 11.6 Å². The summed E-state index contributed by atoms with van der Waals surface area (Å²) in [5.41, 5.74) is 8.00. The first-order chi connectivity index (χ1) is 8.08. The van der Waals surface area contributed by atoms with Gasteiger partial charge in [0.2, 0.25) is 0 Å². The van der Waals surface area contributed by atoms with E-state index in [1.807, 2.05) is 13.0 Å². The van der Waals surface area contributed by atoms with Gasteiger partial charge >= 0.3 is 0 Å². The number of nitrogens with two attached hydrogens (primary N) is 1. The summed E-state index contributed by atoms with van der Waals surface area (Å²) < 4.78 is 5.47. The molecule has 88 valence electrons. The first-order valence-corrected chi connectivity index (χ1v) is 5.64. The maximum absolute atomic E-state index is 11.8. The molecule has 1 aromatic carbocycles. The lowest BCUT2D eigenvalue weighted by atomic mass is 10.1. The van der Waals surface area contributed by atoms with Crippen LogP contribution in [0.5, 0.6) is 0 Å². The Hall–Kier alpha value is -1.82. The summed E-state index contributed by atoms with van der Waals surface area (Å²) in [5, 5.41) is 6.25. The van der Waals surface area contributed by atoms with Crippen molar-refractivity contribution >= 4 is 33.2 Å². The molecule has 6 heteroatoms. The zero-order chi connectivity index (χ0) is 12.4. The molecule has 0 aliphatic carbocycles. The third-order valence-corrected chi connectivity index (χ3v) is 2.70. The fourth-order valence-electron chi connectivity index (χ4n) is 1.45. The second-order valence-electron chi connectivity index (χ2n) is 3.53. The number of amides is 1. The average molecular weight is 296 g/mol. The molecule has 0 aliphatic heterocycles. The Kier molecular flexibility index (Phi) is 3.14. The van der Waals surface area contributed by atoms with E-state index in [1.54, 1.807) is 6.07 Å². The van der Waals surface area contributed by atoms with Gasteiger partial charge in [-0.1, -0.05) is 21.1 Å². The molecule has 0 spiro atoms. The van der Waals surface area contributed by atoms with Gasteiger partial charge in [-0.15, -0.1) is 0 Å². The molecule has 0 saturated heterocycles. The van der Waals surface area contributed by atoms with Crippen molar-refractivity contribution < 1.29 is 9.32 Å². The number of halogens is 1. The third-order valence-electron chi connectivity index (χ3n) is 2.24. The summed E-state index contributed by atoms with van der Waals surface area (Å²) in [7, 11) is 0. The standard InChI is InChI=1S/C11H10BrN3O2/c1-6-4-7(12)5-8(13)10(6)14-11(16)9-2-3-17-15-9/h2-5H,13H2,1H3,(H,14,16). The van der Waals surface area contributed by atoms with Crippen LogP contribution in [0.25, 0.3) is 0 Å². The molecule has 1 aromatic heterocycles. The van der Waals surface area contributed by atoms with Crippen LogP contribution in [0.3, 0.4) is 0 Å². The van der Waals surface area contributed by atoms with E-state index in [0.29, 0.717) is 11.4 Å². The van der Waals surface area contributed by atoms with Crippen LogP contribution in [0, 0.1) is 6.92 Å². The molecular weight excluding hydrogens is 286 g/mol. The minimum Gasteiger partial charge on any atom is -0.397 e. The van der Waals surface area contributed by atoms with Crippen LogP contribution < -0.4 is 11.1 Å². The van der Waals surface area contributed by atoms with Crippen molar-refractivity contribution in [3.05, 3.63) is 40.2 Å². The lowest BCUT2D eigenvalue weighted by Gasteiger charge is -2.10. The topological polar surface area (TPSA) is 81.1 Å². The van der Waals surface area contributed by atoms with Crippen LogP contribution in [0.15, 0.2) is 33.5 Å². The molecule has 3 N–H and O–H groups in total. The van der Waals surface area contributed by atoms with Gasteiger partial charge in [-0.3, -0.25) is 4.79 Å². The number of nitrogens with one attached hydrogen (secondary N) is 1. The molecule has 17 heavy (non-hydrogen) atoms. The summed E-state index contributed by atoms with van der Waals surface area (Å²) in [6.45, 7) is 1.86. The van der Waals surface area contributed by atoms with Crippen LogP contribution >= 0.6 is 15.9 Å². The predicted molar refractivity (Wildman–Crippen MR) is 67.7 cm³/mol. The predicted octanol–water partition coefficient (Wildman–Crippen LogP) is 2.58. The lowest BCUT2D eigenvalue weighted by Crippen LogP contribution is -2.14. The Labute approximate surface area is 106 Å². The number of benzene rings is 1. The molecule has 0 bridgehead atoms. The van der Waals surface area contributed by atoms with Crippen molar-refractivity contribution in [2.24, 2.45) is 0 Å². The van der Waals surface area contributed by atoms with Crippen molar-refractivity contribution in [1.82, 2.24) is 5.16 Å². The number of rotatable bonds is 2. The van der Waals surface area contributed by atoms with E-state index in [9.17, 15) is 4.79 Å². The van der Waals surface area contributed by atoms with E-state index in [4.69, 9.17) is 5.73 Å². The number of aryl methyl sites for hydroxylation is 1. The van der Waals surface area contributed by atoms with Crippen molar-refractivity contribution in [2.75, 3.05) is 11.1 Å². The Morgan fingerprint density at radius 3 is 2.88 bits per heavy atom. The van der Waals surface area contributed by atoms with Crippen molar-refractivity contribution in [1.29, 1.82) is 0 Å². The maximum atomic E-state index is 11.8. The quantitative estimate of drug-likeness (QED) is 0.835. The zero-order valence-corrected chi connectivity index (χ0v) is 10.6. The monoisotopic (exact) mass is 295 g/mol. The van der Waals surface area contributed by atoms with E-state index in [1.165, 1.54) is 12.3 Å². The van der Waals surface area contributed by atoms with Crippen LogP contribution in [0.4, 0.5) is 11.4 Å². The first-order valence-electron chi connectivity index (χ1n) is 4.85. The fourth-order valence-corrected chi connectivity index (χ4v) is 2.04. The van der Waals surface area contributed by atoms with E-state index in [2.05, 4.69) is 30.9 Å². The highest BCUT2D eigenvalue weighted by molar-refractivity contribution is 9.10. The Morgan fingerprint density at radius 1 is 1.53 bits per heavy atom. The lowest BCUT2D eigenvalue weighted by molar-refractivity contribution is 0.101. The summed E-state index contributed by atoms with van der Waals surface area (Å²) in [4.78, 5) is 11.8. The fraction of sp³-hybridized carbons (Fsp3) is 0.0909. The number of hydrogen-bond donors (Lipinski definition) is 2. The number of nitrogens with zero attached hydrogens (tertiary/aromatic N) is 1. The summed E-state index contributed by atoms with van der Waals surface area (Å²) in [5.74, 6) is -0.351. The van der Waals surface area contributed by atoms with Crippen molar-refractivity contribution in [3.8, 4) is 0 Å². The summed E-state index contributed by atoms with van der Waals surface area (Å²) >= 11 is 3.33. The van der Waals surface area contributed by atoms with Gasteiger partial charge in [-0.2, -0.15) is 0 Å². The van der Waals surface area contributed by atoms with E-state index >= 15 is 0 Å². The second kappa shape index (κ2) is 4.58. The minimum absolute atomic E-state index is 0.215. The normalized spacial score (nSPS) is 10.2.